The highest BCUT2D eigenvalue weighted by molar-refractivity contribution is 5.73. The number of hydrogen-bond donors (Lipinski definition) is 1. The van der Waals surface area contributed by atoms with Gasteiger partial charge in [0.15, 0.2) is 17.5 Å². The molecule has 0 spiro atoms. The highest BCUT2D eigenvalue weighted by Crippen LogP contribution is 2.26. The normalized spacial score (nSPS) is 13.9. The first-order valence-corrected chi connectivity index (χ1v) is 8.26. The van der Waals surface area contributed by atoms with Crippen LogP contribution in [0.1, 0.15) is 18.7 Å². The number of rotatable bonds is 3. The van der Waals surface area contributed by atoms with E-state index in [0.29, 0.717) is 29.7 Å². The number of aliphatic hydroxyl groups is 1. The van der Waals surface area contributed by atoms with E-state index in [4.69, 9.17) is 0 Å². The molecular formula is C21H17N3O. The number of hydrogen-bond acceptors (Lipinski definition) is 4. The van der Waals surface area contributed by atoms with Crippen molar-refractivity contribution >= 4 is 5.57 Å². The van der Waals surface area contributed by atoms with E-state index in [2.05, 4.69) is 21.0 Å². The Balaban J connectivity index is 1.88. The summed E-state index contributed by atoms with van der Waals surface area (Å²) < 4.78 is 0. The van der Waals surface area contributed by atoms with Crippen LogP contribution in [-0.2, 0) is 0 Å². The minimum atomic E-state index is 0.362. The molecule has 1 aromatic heterocycles. The fourth-order valence-corrected chi connectivity index (χ4v) is 2.78. The van der Waals surface area contributed by atoms with Crippen LogP contribution in [0.2, 0.25) is 0 Å². The van der Waals surface area contributed by atoms with Crippen molar-refractivity contribution in [2.45, 2.75) is 12.8 Å². The summed E-state index contributed by atoms with van der Waals surface area (Å²) in [6.45, 7) is 0. The van der Waals surface area contributed by atoms with E-state index in [0.717, 1.165) is 23.1 Å². The van der Waals surface area contributed by atoms with Gasteiger partial charge in [-0.1, -0.05) is 66.7 Å². The molecule has 25 heavy (non-hydrogen) atoms. The maximum atomic E-state index is 9.86. The lowest BCUT2D eigenvalue weighted by atomic mass is 10.0. The van der Waals surface area contributed by atoms with E-state index < -0.39 is 0 Å². The molecule has 4 nitrogen and oxygen atoms in total. The van der Waals surface area contributed by atoms with E-state index in [-0.39, 0.29) is 0 Å². The predicted octanol–water partition coefficient (Wildman–Crippen LogP) is 4.82. The molecule has 1 aliphatic carbocycles. The van der Waals surface area contributed by atoms with E-state index in [1.165, 1.54) is 0 Å². The molecule has 122 valence electrons. The molecular weight excluding hydrogens is 310 g/mol. The third-order valence-electron chi connectivity index (χ3n) is 4.04. The van der Waals surface area contributed by atoms with Gasteiger partial charge in [0.25, 0.3) is 0 Å². The lowest BCUT2D eigenvalue weighted by Crippen LogP contribution is -2.03. The standard InChI is InChI=1S/C21H17N3O/c25-18-13-7-12-17(14-18)21-23-19(15-8-3-1-4-9-15)22-20(24-21)16-10-5-2-6-11-16/h1-6,8-12,14,25H,7,13H2. The molecule has 0 saturated carbocycles. The fourth-order valence-electron chi connectivity index (χ4n) is 2.78. The van der Waals surface area contributed by atoms with Crippen molar-refractivity contribution in [2.75, 3.05) is 0 Å². The van der Waals surface area contributed by atoms with Gasteiger partial charge in [0, 0.05) is 23.1 Å². The van der Waals surface area contributed by atoms with Gasteiger partial charge in [-0.15, -0.1) is 0 Å². The SMILES string of the molecule is OC1=CC(c2nc(-c3ccccc3)nc(-c3ccccc3)n2)=CCC1. The van der Waals surface area contributed by atoms with Crippen LogP contribution < -0.4 is 0 Å². The Hall–Kier alpha value is -3.27. The van der Waals surface area contributed by atoms with Gasteiger partial charge < -0.3 is 5.11 Å². The Bertz CT molecular complexity index is 890. The predicted molar refractivity (Wildman–Crippen MR) is 98.6 cm³/mol. The molecule has 4 heteroatoms. The zero-order valence-corrected chi connectivity index (χ0v) is 13.6. The number of aliphatic hydroxyl groups excluding tert-OH is 1. The molecule has 1 heterocycles. The van der Waals surface area contributed by atoms with Gasteiger partial charge in [0.1, 0.15) is 0 Å². The molecule has 0 amide bonds. The van der Waals surface area contributed by atoms with Crippen molar-refractivity contribution in [2.24, 2.45) is 0 Å². The summed E-state index contributed by atoms with van der Waals surface area (Å²) in [5, 5.41) is 9.86. The Labute approximate surface area is 146 Å². The summed E-state index contributed by atoms with van der Waals surface area (Å²) in [6, 6.07) is 19.7. The highest BCUT2D eigenvalue weighted by Gasteiger charge is 2.14. The van der Waals surface area contributed by atoms with Crippen molar-refractivity contribution in [3.8, 4) is 22.8 Å². The Morgan fingerprint density at radius 2 is 1.20 bits per heavy atom. The second-order valence-corrected chi connectivity index (χ2v) is 5.87. The monoisotopic (exact) mass is 327 g/mol. The first-order valence-electron chi connectivity index (χ1n) is 8.26. The van der Waals surface area contributed by atoms with E-state index in [1.807, 2.05) is 60.7 Å². The summed E-state index contributed by atoms with van der Waals surface area (Å²) in [5.41, 5.74) is 2.71. The van der Waals surface area contributed by atoms with E-state index in [9.17, 15) is 5.11 Å². The topological polar surface area (TPSA) is 58.9 Å². The largest absolute Gasteiger partial charge is 0.512 e. The summed E-state index contributed by atoms with van der Waals surface area (Å²) >= 11 is 0. The van der Waals surface area contributed by atoms with Crippen LogP contribution in [0.5, 0.6) is 0 Å². The third-order valence-corrected chi connectivity index (χ3v) is 4.04. The Morgan fingerprint density at radius 1 is 0.680 bits per heavy atom. The van der Waals surface area contributed by atoms with E-state index in [1.54, 1.807) is 6.08 Å². The van der Waals surface area contributed by atoms with Gasteiger partial charge in [-0.2, -0.15) is 0 Å². The average molecular weight is 327 g/mol. The summed E-state index contributed by atoms with van der Waals surface area (Å²) in [6.07, 6.45) is 5.23. The van der Waals surface area contributed by atoms with Crippen LogP contribution in [0.25, 0.3) is 28.3 Å². The second-order valence-electron chi connectivity index (χ2n) is 5.87. The molecule has 3 aromatic rings. The van der Waals surface area contributed by atoms with Gasteiger partial charge in [-0.25, -0.2) is 15.0 Å². The highest BCUT2D eigenvalue weighted by atomic mass is 16.3. The minimum absolute atomic E-state index is 0.362. The molecule has 0 saturated heterocycles. The molecule has 2 aromatic carbocycles. The van der Waals surface area contributed by atoms with Crippen LogP contribution in [-0.4, -0.2) is 20.1 Å². The number of nitrogens with zero attached hydrogens (tertiary/aromatic N) is 3. The van der Waals surface area contributed by atoms with Crippen molar-refractivity contribution in [1.82, 2.24) is 15.0 Å². The molecule has 0 aliphatic heterocycles. The molecule has 1 aliphatic rings. The van der Waals surface area contributed by atoms with Crippen molar-refractivity contribution in [3.05, 3.63) is 84.4 Å². The number of allylic oxidation sites excluding steroid dienone is 4. The van der Waals surface area contributed by atoms with Gasteiger partial charge in [-0.3, -0.25) is 0 Å². The van der Waals surface area contributed by atoms with Crippen molar-refractivity contribution in [3.63, 3.8) is 0 Å². The van der Waals surface area contributed by atoms with Gasteiger partial charge in [0.2, 0.25) is 0 Å². The first-order chi connectivity index (χ1) is 12.3. The maximum absolute atomic E-state index is 9.86. The smallest absolute Gasteiger partial charge is 0.164 e. The second kappa shape index (κ2) is 6.69. The van der Waals surface area contributed by atoms with Crippen molar-refractivity contribution in [1.29, 1.82) is 0 Å². The quantitative estimate of drug-likeness (QED) is 0.749. The van der Waals surface area contributed by atoms with Crippen LogP contribution in [0.4, 0.5) is 0 Å². The zero-order chi connectivity index (χ0) is 17.1. The van der Waals surface area contributed by atoms with Gasteiger partial charge >= 0.3 is 0 Å². The maximum Gasteiger partial charge on any atom is 0.164 e. The van der Waals surface area contributed by atoms with Gasteiger partial charge in [-0.05, 0) is 12.5 Å². The zero-order valence-electron chi connectivity index (χ0n) is 13.6. The fraction of sp³-hybridized carbons (Fsp3) is 0.0952. The minimum Gasteiger partial charge on any atom is -0.512 e. The van der Waals surface area contributed by atoms with E-state index >= 15 is 0 Å². The molecule has 0 fully saturated rings. The van der Waals surface area contributed by atoms with Crippen LogP contribution in [0, 0.1) is 0 Å². The number of aromatic nitrogens is 3. The molecule has 0 radical (unpaired) electrons. The molecule has 0 unspecified atom stereocenters. The Morgan fingerprint density at radius 3 is 1.72 bits per heavy atom. The molecule has 4 rings (SSSR count). The Kier molecular flexibility index (Phi) is 4.09. The third kappa shape index (κ3) is 3.33. The summed E-state index contributed by atoms with van der Waals surface area (Å²) in [4.78, 5) is 13.9. The number of benzene rings is 2. The lowest BCUT2D eigenvalue weighted by Gasteiger charge is -2.11. The van der Waals surface area contributed by atoms with Crippen LogP contribution in [0.3, 0.4) is 0 Å². The summed E-state index contributed by atoms with van der Waals surface area (Å²) in [7, 11) is 0. The van der Waals surface area contributed by atoms with Crippen molar-refractivity contribution < 1.29 is 5.11 Å². The summed E-state index contributed by atoms with van der Waals surface area (Å²) in [5.74, 6) is 2.20. The molecule has 0 atom stereocenters. The first kappa shape index (κ1) is 15.3. The lowest BCUT2D eigenvalue weighted by molar-refractivity contribution is 0.388. The van der Waals surface area contributed by atoms with Crippen LogP contribution in [0.15, 0.2) is 78.6 Å². The van der Waals surface area contributed by atoms with Gasteiger partial charge in [0.05, 0.1) is 5.76 Å². The average Bonchev–Trinajstić information content (AvgIpc) is 2.69. The molecule has 1 N–H and O–H groups in total. The van der Waals surface area contributed by atoms with Crippen LogP contribution >= 0.6 is 0 Å². The molecule has 0 bridgehead atoms.